The van der Waals surface area contributed by atoms with Crippen molar-refractivity contribution in [3.63, 3.8) is 0 Å². The lowest BCUT2D eigenvalue weighted by Gasteiger charge is -2.10. The van der Waals surface area contributed by atoms with Gasteiger partial charge in [-0.05, 0) is 31.5 Å². The molecule has 0 aliphatic carbocycles. The van der Waals surface area contributed by atoms with Crippen molar-refractivity contribution in [2.45, 2.75) is 26.3 Å². The summed E-state index contributed by atoms with van der Waals surface area (Å²) in [4.78, 5) is 14.9. The Morgan fingerprint density at radius 2 is 2.14 bits per heavy atom. The van der Waals surface area contributed by atoms with Gasteiger partial charge in [-0.25, -0.2) is 0 Å². The van der Waals surface area contributed by atoms with E-state index in [0.717, 1.165) is 5.56 Å². The van der Waals surface area contributed by atoms with Crippen molar-refractivity contribution in [3.05, 3.63) is 63.0 Å². The number of nitro groups is 1. The molecule has 0 atom stereocenters. The van der Waals surface area contributed by atoms with Crippen LogP contribution >= 0.6 is 11.6 Å². The molecule has 1 aromatic heterocycles. The number of hydrogen-bond donors (Lipinski definition) is 0. The molecule has 0 amide bonds. The van der Waals surface area contributed by atoms with Gasteiger partial charge in [0.2, 0.25) is 0 Å². The summed E-state index contributed by atoms with van der Waals surface area (Å²) in [5.74, 6) is 1.07. The van der Waals surface area contributed by atoms with Crippen LogP contribution in [0.3, 0.4) is 0 Å². The number of hydrogen-bond acceptors (Lipinski definition) is 4. The van der Waals surface area contributed by atoms with Crippen molar-refractivity contribution in [2.75, 3.05) is 0 Å². The molecule has 0 saturated carbocycles. The Bertz CT molecular complexity index is 674. The number of alkyl halides is 1. The van der Waals surface area contributed by atoms with Crippen molar-refractivity contribution >= 4 is 17.3 Å². The molecule has 0 aliphatic heterocycles. The van der Waals surface area contributed by atoms with E-state index in [2.05, 4.69) is 4.98 Å². The summed E-state index contributed by atoms with van der Waals surface area (Å²) in [7, 11) is 0. The monoisotopic (exact) mass is 306 g/mol. The van der Waals surface area contributed by atoms with Crippen LogP contribution in [0.4, 0.5) is 5.69 Å². The summed E-state index contributed by atoms with van der Waals surface area (Å²) < 4.78 is 5.65. The first-order chi connectivity index (χ1) is 10.0. The van der Waals surface area contributed by atoms with Crippen LogP contribution in [0, 0.1) is 24.0 Å². The van der Waals surface area contributed by atoms with E-state index >= 15 is 0 Å². The lowest BCUT2D eigenvalue weighted by atomic mass is 10.1. The number of pyridine rings is 1. The average Bonchev–Trinajstić information content (AvgIpc) is 2.46. The third-order valence-corrected chi connectivity index (χ3v) is 3.50. The Labute approximate surface area is 127 Å². The molecular weight excluding hydrogens is 292 g/mol. The SMILES string of the molecule is Cc1cnc(COc2cccc(CCl)c2)c(C)c1[N+](=O)[O-]. The first-order valence-electron chi connectivity index (χ1n) is 6.40. The fourth-order valence-corrected chi connectivity index (χ4v) is 2.23. The third-order valence-electron chi connectivity index (χ3n) is 3.19. The van der Waals surface area contributed by atoms with Crippen molar-refractivity contribution in [3.8, 4) is 5.75 Å². The van der Waals surface area contributed by atoms with E-state index in [4.69, 9.17) is 16.3 Å². The average molecular weight is 307 g/mol. The maximum atomic E-state index is 11.1. The van der Waals surface area contributed by atoms with Crippen molar-refractivity contribution < 1.29 is 9.66 Å². The van der Waals surface area contributed by atoms with Crippen LogP contribution in [0.25, 0.3) is 0 Å². The van der Waals surface area contributed by atoms with Crippen LogP contribution in [0.2, 0.25) is 0 Å². The molecule has 1 heterocycles. The Hall–Kier alpha value is -2.14. The van der Waals surface area contributed by atoms with E-state index in [1.807, 2.05) is 24.3 Å². The van der Waals surface area contributed by atoms with Gasteiger partial charge in [-0.15, -0.1) is 11.6 Å². The summed E-state index contributed by atoms with van der Waals surface area (Å²) >= 11 is 5.77. The molecule has 2 rings (SSSR count). The lowest BCUT2D eigenvalue weighted by molar-refractivity contribution is -0.386. The van der Waals surface area contributed by atoms with Gasteiger partial charge in [0.1, 0.15) is 12.4 Å². The van der Waals surface area contributed by atoms with Crippen molar-refractivity contribution in [1.82, 2.24) is 4.98 Å². The minimum absolute atomic E-state index is 0.0955. The Balaban J connectivity index is 2.20. The smallest absolute Gasteiger partial charge is 0.278 e. The van der Waals surface area contributed by atoms with Gasteiger partial charge in [-0.2, -0.15) is 0 Å². The van der Waals surface area contributed by atoms with Gasteiger partial charge in [0.05, 0.1) is 16.2 Å². The second-order valence-electron chi connectivity index (χ2n) is 4.69. The second kappa shape index (κ2) is 6.54. The largest absolute Gasteiger partial charge is 0.487 e. The highest BCUT2D eigenvalue weighted by Gasteiger charge is 2.18. The highest BCUT2D eigenvalue weighted by molar-refractivity contribution is 6.17. The normalized spacial score (nSPS) is 10.4. The Kier molecular flexibility index (Phi) is 4.75. The van der Waals surface area contributed by atoms with Gasteiger partial charge in [0.25, 0.3) is 5.69 Å². The van der Waals surface area contributed by atoms with Gasteiger partial charge in [-0.1, -0.05) is 12.1 Å². The molecule has 21 heavy (non-hydrogen) atoms. The second-order valence-corrected chi connectivity index (χ2v) is 4.96. The molecule has 0 N–H and O–H groups in total. The molecule has 0 spiro atoms. The number of aryl methyl sites for hydroxylation is 1. The predicted molar refractivity (Wildman–Crippen MR) is 80.7 cm³/mol. The van der Waals surface area contributed by atoms with E-state index in [0.29, 0.717) is 28.5 Å². The van der Waals surface area contributed by atoms with Crippen LogP contribution in [0.1, 0.15) is 22.4 Å². The summed E-state index contributed by atoms with van der Waals surface area (Å²) in [6, 6.07) is 7.41. The Morgan fingerprint density at radius 3 is 2.81 bits per heavy atom. The van der Waals surface area contributed by atoms with Crippen LogP contribution in [0.5, 0.6) is 5.75 Å². The number of nitrogens with zero attached hydrogens (tertiary/aromatic N) is 2. The van der Waals surface area contributed by atoms with Gasteiger partial charge < -0.3 is 4.74 Å². The number of halogens is 1. The standard InChI is InChI=1S/C15H15ClN2O3/c1-10-8-17-14(11(2)15(10)18(19)20)9-21-13-5-3-4-12(6-13)7-16/h3-6,8H,7,9H2,1-2H3. The highest BCUT2D eigenvalue weighted by Crippen LogP contribution is 2.25. The zero-order valence-corrected chi connectivity index (χ0v) is 12.6. The number of benzene rings is 1. The molecule has 0 fully saturated rings. The van der Waals surface area contributed by atoms with Crippen LogP contribution in [-0.4, -0.2) is 9.91 Å². The molecule has 0 bridgehead atoms. The zero-order valence-electron chi connectivity index (χ0n) is 11.8. The fraction of sp³-hybridized carbons (Fsp3) is 0.267. The van der Waals surface area contributed by atoms with Crippen molar-refractivity contribution in [2.24, 2.45) is 0 Å². The molecule has 5 nitrogen and oxygen atoms in total. The molecule has 1 aromatic carbocycles. The van der Waals surface area contributed by atoms with Crippen LogP contribution < -0.4 is 4.74 Å². The summed E-state index contributed by atoms with van der Waals surface area (Å²) in [5, 5.41) is 11.1. The molecule has 110 valence electrons. The van der Waals surface area contributed by atoms with Crippen LogP contribution in [-0.2, 0) is 12.5 Å². The van der Waals surface area contributed by atoms with Gasteiger partial charge in [-0.3, -0.25) is 15.1 Å². The van der Waals surface area contributed by atoms with E-state index in [-0.39, 0.29) is 17.2 Å². The maximum Gasteiger partial charge on any atom is 0.278 e. The molecule has 0 saturated heterocycles. The minimum Gasteiger partial charge on any atom is -0.487 e. The quantitative estimate of drug-likeness (QED) is 0.477. The molecule has 0 radical (unpaired) electrons. The summed E-state index contributed by atoms with van der Waals surface area (Å²) in [6.07, 6.45) is 1.50. The van der Waals surface area contributed by atoms with Gasteiger partial charge >= 0.3 is 0 Å². The summed E-state index contributed by atoms with van der Waals surface area (Å²) in [5.41, 5.74) is 2.69. The highest BCUT2D eigenvalue weighted by atomic mass is 35.5. The van der Waals surface area contributed by atoms with E-state index in [1.54, 1.807) is 13.8 Å². The molecule has 2 aromatic rings. The minimum atomic E-state index is -0.385. The van der Waals surface area contributed by atoms with Gasteiger partial charge in [0, 0.05) is 17.6 Å². The van der Waals surface area contributed by atoms with E-state index in [9.17, 15) is 10.1 Å². The number of aromatic nitrogens is 1. The predicted octanol–water partition coefficient (Wildman–Crippen LogP) is 3.92. The van der Waals surface area contributed by atoms with E-state index in [1.165, 1.54) is 6.20 Å². The van der Waals surface area contributed by atoms with Crippen molar-refractivity contribution in [1.29, 1.82) is 0 Å². The first kappa shape index (κ1) is 15.3. The van der Waals surface area contributed by atoms with E-state index < -0.39 is 0 Å². The molecule has 0 unspecified atom stereocenters. The maximum absolute atomic E-state index is 11.1. The van der Waals surface area contributed by atoms with Gasteiger partial charge in [0.15, 0.2) is 0 Å². The third kappa shape index (κ3) is 3.49. The molecule has 6 heteroatoms. The fourth-order valence-electron chi connectivity index (χ4n) is 2.06. The molecule has 0 aliphatic rings. The Morgan fingerprint density at radius 1 is 1.38 bits per heavy atom. The first-order valence-corrected chi connectivity index (χ1v) is 6.93. The summed E-state index contributed by atoms with van der Waals surface area (Å²) in [6.45, 7) is 3.54. The number of rotatable bonds is 5. The topological polar surface area (TPSA) is 65.3 Å². The zero-order chi connectivity index (χ0) is 15.4. The number of ether oxygens (including phenoxy) is 1. The van der Waals surface area contributed by atoms with Crippen LogP contribution in [0.15, 0.2) is 30.5 Å². The lowest BCUT2D eigenvalue weighted by Crippen LogP contribution is -2.05. The molecular formula is C15H15ClN2O3.